The SMILES string of the molecule is CCNC1CCC(O)(C2CCOC3(CCCC3)C2)CC1. The monoisotopic (exact) mass is 281 g/mol. The highest BCUT2D eigenvalue weighted by atomic mass is 16.5. The predicted octanol–water partition coefficient (Wildman–Crippen LogP) is 3.01. The van der Waals surface area contributed by atoms with E-state index in [0.717, 1.165) is 51.7 Å². The molecule has 1 heterocycles. The molecule has 1 aliphatic heterocycles. The van der Waals surface area contributed by atoms with Gasteiger partial charge in [0.25, 0.3) is 0 Å². The van der Waals surface area contributed by atoms with Crippen molar-refractivity contribution in [1.29, 1.82) is 0 Å². The van der Waals surface area contributed by atoms with E-state index < -0.39 is 5.60 Å². The van der Waals surface area contributed by atoms with Crippen molar-refractivity contribution in [2.45, 2.75) is 88.4 Å². The van der Waals surface area contributed by atoms with Crippen LogP contribution in [0.1, 0.15) is 71.1 Å². The molecular formula is C17H31NO2. The molecule has 3 nitrogen and oxygen atoms in total. The molecular weight excluding hydrogens is 250 g/mol. The third-order valence-electron chi connectivity index (χ3n) is 6.11. The summed E-state index contributed by atoms with van der Waals surface area (Å²) >= 11 is 0. The molecule has 0 bridgehead atoms. The highest BCUT2D eigenvalue weighted by Crippen LogP contribution is 2.48. The molecule has 3 aliphatic rings. The zero-order chi connectivity index (χ0) is 14.1. The van der Waals surface area contributed by atoms with E-state index in [9.17, 15) is 5.11 Å². The Morgan fingerprint density at radius 2 is 1.80 bits per heavy atom. The number of aliphatic hydroxyl groups is 1. The maximum Gasteiger partial charge on any atom is 0.0686 e. The minimum absolute atomic E-state index is 0.136. The fraction of sp³-hybridized carbons (Fsp3) is 1.00. The first kappa shape index (κ1) is 14.8. The van der Waals surface area contributed by atoms with Gasteiger partial charge in [-0.25, -0.2) is 0 Å². The number of hydrogen-bond acceptors (Lipinski definition) is 3. The Balaban J connectivity index is 1.60. The van der Waals surface area contributed by atoms with Gasteiger partial charge in [-0.2, -0.15) is 0 Å². The molecule has 2 N–H and O–H groups in total. The Bertz CT molecular complexity index is 317. The van der Waals surface area contributed by atoms with Crippen LogP contribution in [0.2, 0.25) is 0 Å². The van der Waals surface area contributed by atoms with Crippen molar-refractivity contribution < 1.29 is 9.84 Å². The average Bonchev–Trinajstić information content (AvgIpc) is 2.90. The quantitative estimate of drug-likeness (QED) is 0.835. The lowest BCUT2D eigenvalue weighted by Gasteiger charge is -2.48. The topological polar surface area (TPSA) is 41.5 Å². The molecule has 0 amide bonds. The van der Waals surface area contributed by atoms with Gasteiger partial charge in [-0.15, -0.1) is 0 Å². The normalized spacial score (nSPS) is 41.1. The zero-order valence-corrected chi connectivity index (χ0v) is 13.0. The highest BCUT2D eigenvalue weighted by molar-refractivity contribution is 5.00. The molecule has 0 radical (unpaired) electrons. The van der Waals surface area contributed by atoms with Gasteiger partial charge < -0.3 is 15.2 Å². The van der Waals surface area contributed by atoms with Crippen LogP contribution >= 0.6 is 0 Å². The van der Waals surface area contributed by atoms with Crippen LogP contribution in [0.3, 0.4) is 0 Å². The first-order valence-electron chi connectivity index (χ1n) is 8.76. The second kappa shape index (κ2) is 5.94. The summed E-state index contributed by atoms with van der Waals surface area (Å²) in [7, 11) is 0. The smallest absolute Gasteiger partial charge is 0.0686 e. The standard InChI is InChI=1S/C17H31NO2/c1-2-18-15-5-10-17(19,11-6-15)14-7-12-20-16(13-14)8-3-4-9-16/h14-15,18-19H,2-13H2,1H3. The maximum absolute atomic E-state index is 11.1. The van der Waals surface area contributed by atoms with E-state index in [1.54, 1.807) is 0 Å². The predicted molar refractivity (Wildman–Crippen MR) is 80.8 cm³/mol. The minimum Gasteiger partial charge on any atom is -0.390 e. The Kier molecular flexibility index (Phi) is 4.40. The number of rotatable bonds is 3. The molecule has 3 heteroatoms. The lowest BCUT2D eigenvalue weighted by Crippen LogP contribution is -2.51. The second-order valence-electron chi connectivity index (χ2n) is 7.36. The van der Waals surface area contributed by atoms with E-state index in [0.29, 0.717) is 12.0 Å². The largest absolute Gasteiger partial charge is 0.390 e. The molecule has 3 rings (SSSR count). The zero-order valence-electron chi connectivity index (χ0n) is 13.0. The average molecular weight is 281 g/mol. The van der Waals surface area contributed by atoms with Crippen LogP contribution < -0.4 is 5.32 Å². The summed E-state index contributed by atoms with van der Waals surface area (Å²) in [6.07, 6.45) is 11.5. The van der Waals surface area contributed by atoms with Gasteiger partial charge in [-0.05, 0) is 63.8 Å². The molecule has 116 valence electrons. The van der Waals surface area contributed by atoms with Crippen molar-refractivity contribution >= 4 is 0 Å². The summed E-state index contributed by atoms with van der Waals surface area (Å²) in [4.78, 5) is 0. The lowest BCUT2D eigenvalue weighted by molar-refractivity contribution is -0.150. The third-order valence-corrected chi connectivity index (χ3v) is 6.11. The van der Waals surface area contributed by atoms with E-state index >= 15 is 0 Å². The second-order valence-corrected chi connectivity index (χ2v) is 7.36. The van der Waals surface area contributed by atoms with Gasteiger partial charge >= 0.3 is 0 Å². The number of ether oxygens (including phenoxy) is 1. The van der Waals surface area contributed by atoms with Crippen molar-refractivity contribution in [2.24, 2.45) is 5.92 Å². The molecule has 0 aromatic carbocycles. The summed E-state index contributed by atoms with van der Waals surface area (Å²) < 4.78 is 6.13. The first-order chi connectivity index (χ1) is 9.66. The molecule has 2 aliphatic carbocycles. The van der Waals surface area contributed by atoms with Gasteiger partial charge in [0.05, 0.1) is 11.2 Å². The molecule has 3 fully saturated rings. The van der Waals surface area contributed by atoms with Crippen LogP contribution in [0, 0.1) is 5.92 Å². The van der Waals surface area contributed by atoms with Crippen LogP contribution in [0.5, 0.6) is 0 Å². The molecule has 2 saturated carbocycles. The van der Waals surface area contributed by atoms with E-state index in [1.807, 2.05) is 0 Å². The van der Waals surface area contributed by atoms with Crippen molar-refractivity contribution in [3.8, 4) is 0 Å². The van der Waals surface area contributed by atoms with Crippen LogP contribution in [0.4, 0.5) is 0 Å². The number of hydrogen-bond donors (Lipinski definition) is 2. The summed E-state index contributed by atoms with van der Waals surface area (Å²) in [5, 5.41) is 14.7. The van der Waals surface area contributed by atoms with E-state index in [2.05, 4.69) is 12.2 Å². The Morgan fingerprint density at radius 1 is 1.10 bits per heavy atom. The van der Waals surface area contributed by atoms with Crippen molar-refractivity contribution in [3.63, 3.8) is 0 Å². The van der Waals surface area contributed by atoms with Gasteiger partial charge in [0.1, 0.15) is 0 Å². The highest BCUT2D eigenvalue weighted by Gasteiger charge is 2.47. The van der Waals surface area contributed by atoms with Crippen molar-refractivity contribution in [2.75, 3.05) is 13.2 Å². The van der Waals surface area contributed by atoms with Crippen LogP contribution in [-0.4, -0.2) is 35.5 Å². The fourth-order valence-corrected chi connectivity index (χ4v) is 4.87. The van der Waals surface area contributed by atoms with Gasteiger partial charge in [0.2, 0.25) is 0 Å². The van der Waals surface area contributed by atoms with Gasteiger partial charge in [-0.3, -0.25) is 0 Å². The van der Waals surface area contributed by atoms with Crippen LogP contribution in [0.25, 0.3) is 0 Å². The van der Waals surface area contributed by atoms with E-state index in [1.165, 1.54) is 25.7 Å². The van der Waals surface area contributed by atoms with Gasteiger partial charge in [-0.1, -0.05) is 19.8 Å². The van der Waals surface area contributed by atoms with Gasteiger partial charge in [0.15, 0.2) is 0 Å². The molecule has 0 aromatic rings. The first-order valence-corrected chi connectivity index (χ1v) is 8.76. The molecule has 1 atom stereocenters. The summed E-state index contributed by atoms with van der Waals surface area (Å²) in [5.41, 5.74) is -0.275. The minimum atomic E-state index is -0.411. The van der Waals surface area contributed by atoms with E-state index in [-0.39, 0.29) is 5.60 Å². The Labute approximate surface area is 123 Å². The molecule has 1 spiro atoms. The third kappa shape index (κ3) is 2.90. The summed E-state index contributed by atoms with van der Waals surface area (Å²) in [6, 6.07) is 0.626. The Hall–Kier alpha value is -0.120. The van der Waals surface area contributed by atoms with Crippen LogP contribution in [0.15, 0.2) is 0 Å². The summed E-state index contributed by atoms with van der Waals surface area (Å²) in [6.45, 7) is 4.08. The molecule has 0 aromatic heterocycles. The van der Waals surface area contributed by atoms with E-state index in [4.69, 9.17) is 4.74 Å². The Morgan fingerprint density at radius 3 is 2.45 bits per heavy atom. The van der Waals surface area contributed by atoms with Gasteiger partial charge in [0, 0.05) is 12.6 Å². The molecule has 20 heavy (non-hydrogen) atoms. The lowest BCUT2D eigenvalue weighted by atomic mass is 9.68. The fourth-order valence-electron chi connectivity index (χ4n) is 4.87. The molecule has 1 unspecified atom stereocenters. The van der Waals surface area contributed by atoms with Crippen LogP contribution in [-0.2, 0) is 4.74 Å². The van der Waals surface area contributed by atoms with Crippen molar-refractivity contribution in [3.05, 3.63) is 0 Å². The maximum atomic E-state index is 11.1. The van der Waals surface area contributed by atoms with Crippen molar-refractivity contribution in [1.82, 2.24) is 5.32 Å². The summed E-state index contributed by atoms with van der Waals surface area (Å²) in [5.74, 6) is 0.469. The number of nitrogens with one attached hydrogen (secondary N) is 1. The molecule has 1 saturated heterocycles.